The molecule has 4 heteroatoms. The Morgan fingerprint density at radius 3 is 2.63 bits per heavy atom. The van der Waals surface area contributed by atoms with Gasteiger partial charge in [0.2, 0.25) is 0 Å². The molecule has 2 aliphatic rings. The second-order valence-electron chi connectivity index (χ2n) is 5.39. The molecule has 0 unspecified atom stereocenters. The molecule has 1 saturated carbocycles. The summed E-state index contributed by atoms with van der Waals surface area (Å²) in [6.45, 7) is 0.480. The fourth-order valence-electron chi connectivity index (χ4n) is 2.65. The van der Waals surface area contributed by atoms with E-state index in [2.05, 4.69) is 0 Å². The van der Waals surface area contributed by atoms with Crippen molar-refractivity contribution in [2.75, 3.05) is 6.54 Å². The van der Waals surface area contributed by atoms with Gasteiger partial charge in [0, 0.05) is 12.0 Å². The number of carbonyl (C=O) groups excluding carboxylic acids is 2. The summed E-state index contributed by atoms with van der Waals surface area (Å²) in [6, 6.07) is 9.59. The van der Waals surface area contributed by atoms with Gasteiger partial charge >= 0.3 is 6.09 Å². The van der Waals surface area contributed by atoms with Crippen LogP contribution in [0.4, 0.5) is 4.79 Å². The van der Waals surface area contributed by atoms with E-state index in [1.807, 2.05) is 30.3 Å². The summed E-state index contributed by atoms with van der Waals surface area (Å²) in [4.78, 5) is 25.3. The highest BCUT2D eigenvalue weighted by Crippen LogP contribution is 2.47. The summed E-state index contributed by atoms with van der Waals surface area (Å²) in [5, 5.41) is 0. The first-order chi connectivity index (χ1) is 9.20. The number of piperidine rings is 1. The van der Waals surface area contributed by atoms with Gasteiger partial charge in [0.15, 0.2) is 5.78 Å². The Bertz CT molecular complexity index is 493. The molecule has 0 bridgehead atoms. The Balaban J connectivity index is 1.62. The van der Waals surface area contributed by atoms with E-state index >= 15 is 0 Å². The standard InChI is InChI=1S/C15H17NO3/c17-13-6-7-15(8-9-15)16(10-13)14(18)19-11-12-4-2-1-3-5-12/h1-5H,6-11H2. The van der Waals surface area contributed by atoms with Gasteiger partial charge in [-0.3, -0.25) is 9.69 Å². The van der Waals surface area contributed by atoms with E-state index in [0.717, 1.165) is 24.8 Å². The van der Waals surface area contributed by atoms with E-state index in [-0.39, 0.29) is 30.6 Å². The lowest BCUT2D eigenvalue weighted by molar-refractivity contribution is -0.123. The van der Waals surface area contributed by atoms with Crippen molar-refractivity contribution in [2.24, 2.45) is 0 Å². The van der Waals surface area contributed by atoms with Crippen LogP contribution in [0.15, 0.2) is 30.3 Å². The average Bonchev–Trinajstić information content (AvgIpc) is 3.21. The molecule has 1 spiro atoms. The first kappa shape index (κ1) is 12.2. The normalized spacial score (nSPS) is 20.4. The Hall–Kier alpha value is -1.84. The van der Waals surface area contributed by atoms with Crippen molar-refractivity contribution < 1.29 is 14.3 Å². The van der Waals surface area contributed by atoms with Gasteiger partial charge in [-0.2, -0.15) is 0 Å². The number of Topliss-reactive ketones (excluding diaryl/α,β-unsaturated/α-hetero) is 1. The first-order valence-corrected chi connectivity index (χ1v) is 6.70. The minimum absolute atomic E-state index is 0.0678. The zero-order chi connectivity index (χ0) is 13.3. The second-order valence-corrected chi connectivity index (χ2v) is 5.39. The van der Waals surface area contributed by atoms with Gasteiger partial charge in [0.1, 0.15) is 6.61 Å². The molecule has 1 saturated heterocycles. The number of nitrogens with zero attached hydrogens (tertiary/aromatic N) is 1. The Morgan fingerprint density at radius 2 is 1.95 bits per heavy atom. The third-order valence-electron chi connectivity index (χ3n) is 4.03. The fraction of sp³-hybridized carbons (Fsp3) is 0.467. The van der Waals surface area contributed by atoms with E-state index < -0.39 is 0 Å². The van der Waals surface area contributed by atoms with Gasteiger partial charge in [0.05, 0.1) is 6.54 Å². The number of hydrogen-bond donors (Lipinski definition) is 0. The van der Waals surface area contributed by atoms with E-state index in [9.17, 15) is 9.59 Å². The van der Waals surface area contributed by atoms with Gasteiger partial charge in [-0.15, -0.1) is 0 Å². The molecule has 100 valence electrons. The summed E-state index contributed by atoms with van der Waals surface area (Å²) in [5.74, 6) is 0.134. The molecule has 0 aromatic heterocycles. The predicted octanol–water partition coefficient (Wildman–Crippen LogP) is 2.52. The highest BCUT2D eigenvalue weighted by Gasteiger charge is 2.53. The molecule has 1 aliphatic heterocycles. The number of ketones is 1. The van der Waals surface area contributed by atoms with Crippen molar-refractivity contribution in [1.29, 1.82) is 0 Å². The maximum Gasteiger partial charge on any atom is 0.410 e. The van der Waals surface area contributed by atoms with Crippen LogP contribution in [0, 0.1) is 0 Å². The van der Waals surface area contributed by atoms with Crippen molar-refractivity contribution in [3.63, 3.8) is 0 Å². The maximum atomic E-state index is 12.1. The van der Waals surface area contributed by atoms with Crippen LogP contribution in [0.25, 0.3) is 0 Å². The van der Waals surface area contributed by atoms with Crippen molar-refractivity contribution in [1.82, 2.24) is 4.90 Å². The van der Waals surface area contributed by atoms with E-state index in [1.165, 1.54) is 0 Å². The molecule has 0 N–H and O–H groups in total. The molecule has 0 radical (unpaired) electrons. The van der Waals surface area contributed by atoms with Crippen LogP contribution in [0.5, 0.6) is 0 Å². The zero-order valence-electron chi connectivity index (χ0n) is 10.8. The van der Waals surface area contributed by atoms with Crippen molar-refractivity contribution in [2.45, 2.75) is 37.8 Å². The fourth-order valence-corrected chi connectivity index (χ4v) is 2.65. The summed E-state index contributed by atoms with van der Waals surface area (Å²) in [6.07, 6.45) is 3.05. The van der Waals surface area contributed by atoms with E-state index in [4.69, 9.17) is 4.74 Å². The molecule has 19 heavy (non-hydrogen) atoms. The van der Waals surface area contributed by atoms with Gasteiger partial charge in [-0.25, -0.2) is 4.79 Å². The molecule has 3 rings (SSSR count). The summed E-state index contributed by atoms with van der Waals surface area (Å²) in [5.41, 5.74) is 0.894. The SMILES string of the molecule is O=C1CCC2(CC2)N(C(=O)OCc2ccccc2)C1. The maximum absolute atomic E-state index is 12.1. The Kier molecular flexibility index (Phi) is 3.01. The van der Waals surface area contributed by atoms with Crippen LogP contribution in [-0.2, 0) is 16.1 Å². The molecule has 1 aromatic rings. The molecule has 2 fully saturated rings. The van der Waals surface area contributed by atoms with E-state index in [1.54, 1.807) is 4.90 Å². The zero-order valence-corrected chi connectivity index (χ0v) is 10.8. The topological polar surface area (TPSA) is 46.6 Å². The first-order valence-electron chi connectivity index (χ1n) is 6.70. The number of likely N-dealkylation sites (tertiary alicyclic amines) is 1. The predicted molar refractivity (Wildman–Crippen MR) is 69.5 cm³/mol. The van der Waals surface area contributed by atoms with Gasteiger partial charge < -0.3 is 4.74 Å². The Morgan fingerprint density at radius 1 is 1.21 bits per heavy atom. The molecule has 1 heterocycles. The van der Waals surface area contributed by atoms with Crippen LogP contribution in [0.1, 0.15) is 31.2 Å². The molecule has 0 atom stereocenters. The number of carbonyl (C=O) groups is 2. The van der Waals surface area contributed by atoms with Gasteiger partial charge in [0.25, 0.3) is 0 Å². The van der Waals surface area contributed by atoms with Gasteiger partial charge in [-0.05, 0) is 24.8 Å². The molecule has 1 aliphatic carbocycles. The highest BCUT2D eigenvalue weighted by atomic mass is 16.6. The number of benzene rings is 1. The molecule has 1 amide bonds. The third-order valence-corrected chi connectivity index (χ3v) is 4.03. The van der Waals surface area contributed by atoms with Crippen molar-refractivity contribution in [3.05, 3.63) is 35.9 Å². The van der Waals surface area contributed by atoms with Crippen molar-refractivity contribution >= 4 is 11.9 Å². The lowest BCUT2D eigenvalue weighted by Crippen LogP contribution is -2.49. The number of amides is 1. The van der Waals surface area contributed by atoms with Crippen LogP contribution in [0.2, 0.25) is 0 Å². The van der Waals surface area contributed by atoms with E-state index in [0.29, 0.717) is 6.42 Å². The number of hydrogen-bond acceptors (Lipinski definition) is 3. The smallest absolute Gasteiger partial charge is 0.410 e. The summed E-state index contributed by atoms with van der Waals surface area (Å²) in [7, 11) is 0. The monoisotopic (exact) mass is 259 g/mol. The minimum atomic E-state index is -0.352. The van der Waals surface area contributed by atoms with Gasteiger partial charge in [-0.1, -0.05) is 30.3 Å². The largest absolute Gasteiger partial charge is 0.445 e. The average molecular weight is 259 g/mol. The van der Waals surface area contributed by atoms with Crippen LogP contribution < -0.4 is 0 Å². The number of ether oxygens (including phenoxy) is 1. The molecule has 1 aromatic carbocycles. The second kappa shape index (κ2) is 4.68. The minimum Gasteiger partial charge on any atom is -0.445 e. The lowest BCUT2D eigenvalue weighted by atomic mass is 10.00. The number of rotatable bonds is 2. The Labute approximate surface area is 112 Å². The molecule has 4 nitrogen and oxygen atoms in total. The highest BCUT2D eigenvalue weighted by molar-refractivity contribution is 5.86. The quantitative estimate of drug-likeness (QED) is 0.820. The van der Waals surface area contributed by atoms with Crippen molar-refractivity contribution in [3.8, 4) is 0 Å². The summed E-state index contributed by atoms with van der Waals surface area (Å²) < 4.78 is 5.33. The van der Waals surface area contributed by atoms with Crippen LogP contribution in [0.3, 0.4) is 0 Å². The van der Waals surface area contributed by atoms with Crippen LogP contribution in [-0.4, -0.2) is 28.9 Å². The third kappa shape index (κ3) is 2.48. The lowest BCUT2D eigenvalue weighted by Gasteiger charge is -2.34. The van der Waals surface area contributed by atoms with Crippen LogP contribution >= 0.6 is 0 Å². The molecular formula is C15H17NO3. The summed E-state index contributed by atoms with van der Waals surface area (Å²) >= 11 is 0. The molecular weight excluding hydrogens is 242 g/mol.